The lowest BCUT2D eigenvalue weighted by Gasteiger charge is -2.10. The minimum atomic E-state index is -0.0742. The summed E-state index contributed by atoms with van der Waals surface area (Å²) in [4.78, 5) is 22.5. The number of hydrogen-bond acceptors (Lipinski definition) is 2. The Morgan fingerprint density at radius 2 is 1.42 bits per heavy atom. The maximum absolute atomic E-state index is 11.9. The van der Waals surface area contributed by atoms with Crippen molar-refractivity contribution >= 4 is 17.4 Å². The van der Waals surface area contributed by atoms with Crippen LogP contribution in [0.1, 0.15) is 31.8 Å². The van der Waals surface area contributed by atoms with E-state index >= 15 is 0 Å². The number of rotatable bonds is 2. The maximum Gasteiger partial charge on any atom is 0.255 e. The highest BCUT2D eigenvalue weighted by Crippen LogP contribution is 2.19. The number of para-hydroxylation sites is 1. The molecule has 2 bridgehead atoms. The average Bonchev–Trinajstić information content (AvgIpc) is 2.65. The highest BCUT2D eigenvalue weighted by molar-refractivity contribution is 6.16. The zero-order valence-electron chi connectivity index (χ0n) is 13.3. The highest BCUT2D eigenvalue weighted by atomic mass is 16.1. The van der Waals surface area contributed by atoms with Gasteiger partial charge in [0.15, 0.2) is 5.78 Å². The SMILES string of the molecule is Cc1ccccc1NC(=O)c1ccccc1.O=C1c2cccc1c2. The maximum atomic E-state index is 11.9. The molecule has 0 fully saturated rings. The number of fused-ring (bicyclic) bond motifs is 2. The number of carbonyl (C=O) groups excluding carboxylic acids is 2. The molecular formula is C21H17NO2. The first kappa shape index (κ1) is 15.7. The normalized spacial score (nSPS) is 11.0. The molecule has 3 aromatic carbocycles. The third-order valence-corrected chi connectivity index (χ3v) is 3.82. The summed E-state index contributed by atoms with van der Waals surface area (Å²) in [6.45, 7) is 1.97. The van der Waals surface area contributed by atoms with Gasteiger partial charge in [-0.15, -0.1) is 0 Å². The Morgan fingerprint density at radius 1 is 0.792 bits per heavy atom. The molecule has 24 heavy (non-hydrogen) atoms. The van der Waals surface area contributed by atoms with Gasteiger partial charge in [0.05, 0.1) is 0 Å². The molecule has 0 saturated heterocycles. The summed E-state index contributed by atoms with van der Waals surface area (Å²) in [5, 5.41) is 2.89. The third kappa shape index (κ3) is 3.41. The molecular weight excluding hydrogens is 298 g/mol. The minimum Gasteiger partial charge on any atom is -0.322 e. The van der Waals surface area contributed by atoms with Crippen LogP contribution < -0.4 is 5.32 Å². The van der Waals surface area contributed by atoms with Crippen molar-refractivity contribution in [1.82, 2.24) is 0 Å². The first-order valence-corrected chi connectivity index (χ1v) is 7.72. The van der Waals surface area contributed by atoms with E-state index in [1.54, 1.807) is 12.1 Å². The summed E-state index contributed by atoms with van der Waals surface area (Å²) in [7, 11) is 0. The van der Waals surface area contributed by atoms with Gasteiger partial charge in [-0.3, -0.25) is 9.59 Å². The molecule has 0 heterocycles. The van der Waals surface area contributed by atoms with Crippen LogP contribution in [0, 0.1) is 6.92 Å². The summed E-state index contributed by atoms with van der Waals surface area (Å²) in [5.74, 6) is 0.127. The van der Waals surface area contributed by atoms with Gasteiger partial charge in [0.2, 0.25) is 0 Å². The van der Waals surface area contributed by atoms with Gasteiger partial charge in [0.1, 0.15) is 0 Å². The molecule has 118 valence electrons. The topological polar surface area (TPSA) is 46.2 Å². The fourth-order valence-corrected chi connectivity index (χ4v) is 2.39. The van der Waals surface area contributed by atoms with Gasteiger partial charge >= 0.3 is 0 Å². The summed E-state index contributed by atoms with van der Waals surface area (Å²) in [6, 6.07) is 24.4. The van der Waals surface area contributed by atoms with E-state index in [0.717, 1.165) is 22.4 Å². The molecule has 0 saturated carbocycles. The first-order valence-electron chi connectivity index (χ1n) is 7.72. The Bertz CT molecular complexity index is 856. The van der Waals surface area contributed by atoms with E-state index in [9.17, 15) is 9.59 Å². The second kappa shape index (κ2) is 6.92. The lowest BCUT2D eigenvalue weighted by atomic mass is 9.92. The molecule has 0 aromatic heterocycles. The Kier molecular flexibility index (Phi) is 4.52. The molecule has 5 rings (SSSR count). The second-order valence-electron chi connectivity index (χ2n) is 5.54. The van der Waals surface area contributed by atoms with E-state index in [2.05, 4.69) is 5.32 Å². The van der Waals surface area contributed by atoms with Crippen molar-refractivity contribution in [1.29, 1.82) is 0 Å². The van der Waals surface area contributed by atoms with E-state index in [1.807, 2.05) is 73.7 Å². The van der Waals surface area contributed by atoms with Crippen LogP contribution in [0.5, 0.6) is 0 Å². The minimum absolute atomic E-state index is 0.0742. The number of carbonyl (C=O) groups is 2. The molecule has 3 aromatic rings. The molecule has 3 heteroatoms. The smallest absolute Gasteiger partial charge is 0.255 e. The van der Waals surface area contributed by atoms with Gasteiger partial charge in [-0.1, -0.05) is 54.6 Å². The van der Waals surface area contributed by atoms with Crippen molar-refractivity contribution in [3.8, 4) is 0 Å². The zero-order valence-corrected chi connectivity index (χ0v) is 13.3. The Balaban J connectivity index is 0.000000175. The third-order valence-electron chi connectivity index (χ3n) is 3.82. The van der Waals surface area contributed by atoms with Crippen LogP contribution in [0.25, 0.3) is 0 Å². The van der Waals surface area contributed by atoms with E-state index in [0.29, 0.717) is 5.56 Å². The van der Waals surface area contributed by atoms with Crippen LogP contribution in [0.4, 0.5) is 5.69 Å². The molecule has 1 amide bonds. The molecule has 0 aliphatic heterocycles. The standard InChI is InChI=1S/C14H13NO.C7H4O/c1-11-7-5-6-10-13(11)15-14(16)12-8-3-2-4-9-12;8-7-5-2-1-3-6(7)4-5/h2-10H,1H3,(H,15,16);1-4H. The fraction of sp³-hybridized carbons (Fsp3) is 0.0476. The van der Waals surface area contributed by atoms with Crippen molar-refractivity contribution in [2.75, 3.05) is 5.32 Å². The van der Waals surface area contributed by atoms with Gasteiger partial charge in [-0.05, 0) is 36.8 Å². The summed E-state index contributed by atoms with van der Waals surface area (Å²) in [5.41, 5.74) is 4.29. The Hall–Kier alpha value is -3.20. The van der Waals surface area contributed by atoms with Crippen LogP contribution in [0.15, 0.2) is 78.9 Å². The lowest BCUT2D eigenvalue weighted by Crippen LogP contribution is -2.12. The monoisotopic (exact) mass is 315 g/mol. The summed E-state index contributed by atoms with van der Waals surface area (Å²) >= 11 is 0. The van der Waals surface area contributed by atoms with Gasteiger partial charge in [0, 0.05) is 22.4 Å². The molecule has 0 atom stereocenters. The number of anilines is 1. The van der Waals surface area contributed by atoms with Gasteiger partial charge in [0.25, 0.3) is 5.91 Å². The van der Waals surface area contributed by atoms with E-state index in [4.69, 9.17) is 0 Å². The number of amides is 1. The van der Waals surface area contributed by atoms with E-state index in [-0.39, 0.29) is 11.7 Å². The van der Waals surface area contributed by atoms with Crippen LogP contribution in [-0.4, -0.2) is 11.7 Å². The van der Waals surface area contributed by atoms with Gasteiger partial charge in [-0.25, -0.2) is 0 Å². The molecule has 3 nitrogen and oxygen atoms in total. The molecule has 0 unspecified atom stereocenters. The number of nitrogens with one attached hydrogen (secondary N) is 1. The lowest BCUT2D eigenvalue weighted by molar-refractivity contribution is 0.101. The zero-order chi connectivity index (χ0) is 16.9. The number of ketones is 1. The van der Waals surface area contributed by atoms with Gasteiger partial charge in [-0.2, -0.15) is 0 Å². The highest BCUT2D eigenvalue weighted by Gasteiger charge is 2.17. The number of benzene rings is 3. The fourth-order valence-electron chi connectivity index (χ4n) is 2.39. The quantitative estimate of drug-likeness (QED) is 0.593. The van der Waals surface area contributed by atoms with Crippen molar-refractivity contribution in [2.24, 2.45) is 0 Å². The van der Waals surface area contributed by atoms with Crippen LogP contribution >= 0.6 is 0 Å². The van der Waals surface area contributed by atoms with Crippen molar-refractivity contribution in [3.63, 3.8) is 0 Å². The molecule has 2 aliphatic rings. The molecule has 1 N–H and O–H groups in total. The largest absolute Gasteiger partial charge is 0.322 e. The molecule has 2 aliphatic carbocycles. The Labute approximate surface area is 141 Å². The number of aryl methyl sites for hydroxylation is 1. The van der Waals surface area contributed by atoms with Crippen molar-refractivity contribution in [2.45, 2.75) is 6.92 Å². The van der Waals surface area contributed by atoms with E-state index < -0.39 is 0 Å². The van der Waals surface area contributed by atoms with Crippen molar-refractivity contribution < 1.29 is 9.59 Å². The van der Waals surface area contributed by atoms with Crippen molar-refractivity contribution in [3.05, 3.63) is 101 Å². The Morgan fingerprint density at radius 3 is 1.96 bits per heavy atom. The molecule has 0 radical (unpaired) electrons. The predicted octanol–water partition coefficient (Wildman–Crippen LogP) is 4.48. The summed E-state index contributed by atoms with van der Waals surface area (Å²) < 4.78 is 0. The van der Waals surface area contributed by atoms with Gasteiger partial charge < -0.3 is 5.32 Å². The number of hydrogen-bond donors (Lipinski definition) is 1. The first-order chi connectivity index (χ1) is 11.6. The summed E-state index contributed by atoms with van der Waals surface area (Å²) in [6.07, 6.45) is 0. The molecule has 0 spiro atoms. The van der Waals surface area contributed by atoms with Crippen LogP contribution in [0.2, 0.25) is 0 Å². The van der Waals surface area contributed by atoms with Crippen LogP contribution in [-0.2, 0) is 0 Å². The predicted molar refractivity (Wildman–Crippen MR) is 95.4 cm³/mol. The average molecular weight is 315 g/mol. The van der Waals surface area contributed by atoms with E-state index in [1.165, 1.54) is 0 Å². The van der Waals surface area contributed by atoms with Crippen LogP contribution in [0.3, 0.4) is 0 Å². The second-order valence-corrected chi connectivity index (χ2v) is 5.54.